The maximum Gasteiger partial charge on any atom is 0.220 e. The Morgan fingerprint density at radius 2 is 1.43 bits per heavy atom. The summed E-state index contributed by atoms with van der Waals surface area (Å²) in [4.78, 5) is 0. The first-order chi connectivity index (χ1) is 16.6. The molecule has 4 rings (SSSR count). The molecule has 1 aliphatic carbocycles. The van der Waals surface area contributed by atoms with Crippen molar-refractivity contribution < 1.29 is 4.57 Å². The van der Waals surface area contributed by atoms with E-state index >= 15 is 0 Å². The number of pyridine rings is 1. The highest BCUT2D eigenvalue weighted by atomic mass is 28.3. The van der Waals surface area contributed by atoms with Crippen LogP contribution in [-0.2, 0) is 7.05 Å². The monoisotopic (exact) mass is 486 g/mol. The number of benzene rings is 2. The molecule has 0 spiro atoms. The first-order valence-corrected chi connectivity index (χ1v) is 16.4. The summed E-state index contributed by atoms with van der Waals surface area (Å²) in [5, 5.41) is 4.42. The summed E-state index contributed by atoms with van der Waals surface area (Å²) in [6.45, 7) is 19.4. The molecule has 0 bridgehead atoms. The Balaban J connectivity index is 1.92. The Bertz CT molecular complexity index is 1180. The van der Waals surface area contributed by atoms with Crippen molar-refractivity contribution in [2.75, 3.05) is 0 Å². The molecule has 188 valence electrons. The van der Waals surface area contributed by atoms with E-state index in [1.807, 2.05) is 0 Å². The van der Waals surface area contributed by atoms with Crippen LogP contribution in [0.25, 0.3) is 22.0 Å². The van der Waals surface area contributed by atoms with Gasteiger partial charge < -0.3 is 0 Å². The van der Waals surface area contributed by atoms with Crippen molar-refractivity contribution in [2.45, 2.75) is 110 Å². The molecular weight excluding hydrogens is 438 g/mol. The molecular formula is C33H48NSi+. The van der Waals surface area contributed by atoms with Crippen molar-refractivity contribution >= 4 is 24.0 Å². The van der Waals surface area contributed by atoms with Crippen LogP contribution in [0.4, 0.5) is 0 Å². The second-order valence-corrected chi connectivity index (χ2v) is 18.2. The zero-order chi connectivity index (χ0) is 25.5. The highest BCUT2D eigenvalue weighted by Crippen LogP contribution is 2.42. The third-order valence-corrected chi connectivity index (χ3v) is 16.6. The van der Waals surface area contributed by atoms with E-state index in [4.69, 9.17) is 0 Å². The Morgan fingerprint density at radius 3 is 2.03 bits per heavy atom. The van der Waals surface area contributed by atoms with Crippen LogP contribution in [0.1, 0.15) is 96.3 Å². The zero-order valence-electron chi connectivity index (χ0n) is 23.8. The lowest BCUT2D eigenvalue weighted by Crippen LogP contribution is -2.55. The lowest BCUT2D eigenvalue weighted by molar-refractivity contribution is -0.659. The fourth-order valence-corrected chi connectivity index (χ4v) is 14.6. The Morgan fingerprint density at radius 1 is 0.800 bits per heavy atom. The van der Waals surface area contributed by atoms with Gasteiger partial charge in [-0.3, -0.25) is 0 Å². The van der Waals surface area contributed by atoms with Gasteiger partial charge in [0.25, 0.3) is 0 Å². The van der Waals surface area contributed by atoms with Gasteiger partial charge in [0.1, 0.15) is 7.05 Å². The van der Waals surface area contributed by atoms with Gasteiger partial charge in [-0.2, -0.15) is 0 Å². The molecule has 2 heteroatoms. The summed E-state index contributed by atoms with van der Waals surface area (Å²) in [6, 6.07) is 14.9. The summed E-state index contributed by atoms with van der Waals surface area (Å²) in [5.41, 5.74) is 9.37. The molecule has 1 fully saturated rings. The summed E-state index contributed by atoms with van der Waals surface area (Å²) < 4.78 is 2.35. The molecule has 1 aliphatic rings. The molecule has 0 aliphatic heterocycles. The number of rotatable bonds is 6. The average molecular weight is 487 g/mol. The van der Waals surface area contributed by atoms with E-state index in [1.54, 1.807) is 10.8 Å². The molecule has 0 atom stereocenters. The molecule has 0 unspecified atom stereocenters. The van der Waals surface area contributed by atoms with Gasteiger partial charge >= 0.3 is 0 Å². The minimum atomic E-state index is -1.69. The van der Waals surface area contributed by atoms with E-state index in [9.17, 15) is 0 Å². The van der Waals surface area contributed by atoms with Gasteiger partial charge in [-0.1, -0.05) is 84.2 Å². The van der Waals surface area contributed by atoms with Gasteiger partial charge in [-0.25, -0.2) is 4.57 Å². The van der Waals surface area contributed by atoms with Crippen LogP contribution in [-0.4, -0.2) is 8.07 Å². The SMILES string of the molecule is Cc1cc(C2CCCCC2)cc(-c2c3ccc([Si](C(C)C)(C(C)C)C(C)C)cc3cc[n+]2C)c1C. The number of aromatic nitrogens is 1. The van der Waals surface area contributed by atoms with Crippen LogP contribution >= 0.6 is 0 Å². The molecule has 0 amide bonds. The van der Waals surface area contributed by atoms with Crippen LogP contribution in [0.15, 0.2) is 42.6 Å². The largest absolute Gasteiger partial charge is 0.220 e. The molecule has 0 saturated heterocycles. The topological polar surface area (TPSA) is 3.88 Å². The van der Waals surface area contributed by atoms with E-state index in [0.29, 0.717) is 0 Å². The van der Waals surface area contributed by atoms with E-state index in [0.717, 1.165) is 22.5 Å². The standard InChI is InChI=1S/C33H48NSi/c1-22(2)35(23(3)4,24(5)6)30-15-16-31-28(20-30)17-18-34(9)33(31)32-21-29(19-25(7)26(32)8)27-13-11-10-12-14-27/h15-24,27H,10-14H2,1-9H3/q+1. The van der Waals surface area contributed by atoms with Gasteiger partial charge in [0.15, 0.2) is 6.20 Å². The second-order valence-electron chi connectivity index (χ2n) is 12.3. The molecule has 3 aromatic rings. The fourth-order valence-electron chi connectivity index (χ4n) is 7.78. The molecule has 1 heterocycles. The zero-order valence-corrected chi connectivity index (χ0v) is 24.8. The fraction of sp³-hybridized carbons (Fsp3) is 0.545. The van der Waals surface area contributed by atoms with Gasteiger partial charge in [0, 0.05) is 6.07 Å². The number of hydrogen-bond donors (Lipinski definition) is 0. The summed E-state index contributed by atoms with van der Waals surface area (Å²) in [7, 11) is 0.533. The van der Waals surface area contributed by atoms with Gasteiger partial charge in [-0.15, -0.1) is 0 Å². The number of fused-ring (bicyclic) bond motifs is 1. The third-order valence-electron chi connectivity index (χ3n) is 9.52. The van der Waals surface area contributed by atoms with Crippen LogP contribution in [0.2, 0.25) is 16.6 Å². The predicted octanol–water partition coefficient (Wildman–Crippen LogP) is 8.88. The molecule has 2 aromatic carbocycles. The molecule has 1 nitrogen and oxygen atoms in total. The lowest BCUT2D eigenvalue weighted by Gasteiger charge is -2.43. The van der Waals surface area contributed by atoms with Crippen molar-refractivity contribution in [3.8, 4) is 11.3 Å². The third kappa shape index (κ3) is 4.52. The van der Waals surface area contributed by atoms with E-state index in [2.05, 4.69) is 110 Å². The Kier molecular flexibility index (Phi) is 7.62. The summed E-state index contributed by atoms with van der Waals surface area (Å²) in [5.74, 6) is 0.725. The summed E-state index contributed by atoms with van der Waals surface area (Å²) >= 11 is 0. The normalized spacial score (nSPS) is 15.7. The van der Waals surface area contributed by atoms with Crippen LogP contribution in [0, 0.1) is 13.8 Å². The van der Waals surface area contributed by atoms with Crippen molar-refractivity contribution in [2.24, 2.45) is 7.05 Å². The van der Waals surface area contributed by atoms with E-state index in [1.165, 1.54) is 65.3 Å². The number of aryl methyl sites for hydroxylation is 2. The maximum atomic E-state index is 2.57. The minimum Gasteiger partial charge on any atom is -0.200 e. The lowest BCUT2D eigenvalue weighted by atomic mass is 9.81. The average Bonchev–Trinajstić information content (AvgIpc) is 2.81. The molecule has 0 radical (unpaired) electrons. The maximum absolute atomic E-state index is 2.57. The molecule has 1 saturated carbocycles. The van der Waals surface area contributed by atoms with E-state index < -0.39 is 8.07 Å². The van der Waals surface area contributed by atoms with Crippen LogP contribution in [0.3, 0.4) is 0 Å². The minimum absolute atomic E-state index is 0.719. The Labute approximate surface area is 216 Å². The van der Waals surface area contributed by atoms with E-state index in [-0.39, 0.29) is 0 Å². The molecule has 1 aromatic heterocycles. The number of hydrogen-bond acceptors (Lipinski definition) is 0. The smallest absolute Gasteiger partial charge is 0.200 e. The first kappa shape index (κ1) is 26.1. The van der Waals surface area contributed by atoms with Gasteiger partial charge in [-0.05, 0) is 83.4 Å². The summed E-state index contributed by atoms with van der Waals surface area (Å²) in [6.07, 6.45) is 9.14. The molecule has 35 heavy (non-hydrogen) atoms. The van der Waals surface area contributed by atoms with Crippen molar-refractivity contribution in [3.05, 3.63) is 59.3 Å². The van der Waals surface area contributed by atoms with Gasteiger partial charge in [0.05, 0.1) is 19.0 Å². The molecule has 0 N–H and O–H groups in total. The Hall–Kier alpha value is -1.93. The van der Waals surface area contributed by atoms with Gasteiger partial charge in [0.2, 0.25) is 5.69 Å². The van der Waals surface area contributed by atoms with Crippen LogP contribution in [0.5, 0.6) is 0 Å². The quantitative estimate of drug-likeness (QED) is 0.242. The second kappa shape index (κ2) is 10.2. The van der Waals surface area contributed by atoms with Crippen molar-refractivity contribution in [3.63, 3.8) is 0 Å². The highest BCUT2D eigenvalue weighted by Gasteiger charge is 2.44. The number of nitrogens with zero attached hydrogens (tertiary/aromatic N) is 1. The van der Waals surface area contributed by atoms with Crippen molar-refractivity contribution in [1.82, 2.24) is 0 Å². The predicted molar refractivity (Wildman–Crippen MR) is 157 cm³/mol. The van der Waals surface area contributed by atoms with Crippen LogP contribution < -0.4 is 9.75 Å². The van der Waals surface area contributed by atoms with Crippen molar-refractivity contribution in [1.29, 1.82) is 0 Å². The first-order valence-electron chi connectivity index (χ1n) is 14.1. The highest BCUT2D eigenvalue weighted by molar-refractivity contribution is 6.95.